The molecule has 130 valence electrons. The minimum absolute atomic E-state index is 0.961. The Morgan fingerprint density at radius 2 is 0.958 bits per heavy atom. The summed E-state index contributed by atoms with van der Waals surface area (Å²) in [5, 5.41) is 6.98. The predicted molar refractivity (Wildman–Crippen MR) is 105 cm³/mol. The van der Waals surface area contributed by atoms with Gasteiger partial charge in [0.25, 0.3) is 0 Å². The van der Waals surface area contributed by atoms with Gasteiger partial charge < -0.3 is 10.6 Å². The molecule has 2 rings (SSSR count). The van der Waals surface area contributed by atoms with Crippen LogP contribution in [0.15, 0.2) is 48.5 Å². The number of benzene rings is 2. The van der Waals surface area contributed by atoms with Gasteiger partial charge in [0.05, 0.1) is 0 Å². The lowest BCUT2D eigenvalue weighted by Gasteiger charge is -2.08. The zero-order valence-corrected chi connectivity index (χ0v) is 15.3. The van der Waals surface area contributed by atoms with Crippen molar-refractivity contribution in [2.24, 2.45) is 0 Å². The van der Waals surface area contributed by atoms with E-state index in [0.29, 0.717) is 0 Å². The van der Waals surface area contributed by atoms with E-state index < -0.39 is 0 Å². The molecule has 0 aromatic heterocycles. The lowest BCUT2D eigenvalue weighted by molar-refractivity contribution is 0.641. The highest BCUT2D eigenvalue weighted by atomic mass is 14.8. The van der Waals surface area contributed by atoms with Crippen LogP contribution in [0.1, 0.15) is 50.7 Å². The highest BCUT2D eigenvalue weighted by Gasteiger charge is 1.99. The first-order chi connectivity index (χ1) is 11.8. The number of hydrogen-bond donors (Lipinski definition) is 2. The van der Waals surface area contributed by atoms with Crippen molar-refractivity contribution in [3.05, 3.63) is 59.7 Å². The highest BCUT2D eigenvalue weighted by Crippen LogP contribution is 2.20. The van der Waals surface area contributed by atoms with Crippen LogP contribution in [-0.4, -0.2) is 13.1 Å². The molecule has 2 nitrogen and oxygen atoms in total. The molecular weight excluding hydrogens is 292 g/mol. The van der Waals surface area contributed by atoms with Crippen LogP contribution in [-0.2, 0) is 13.1 Å². The van der Waals surface area contributed by atoms with Gasteiger partial charge in [-0.3, -0.25) is 0 Å². The summed E-state index contributed by atoms with van der Waals surface area (Å²) < 4.78 is 0. The van der Waals surface area contributed by atoms with E-state index in [1.165, 1.54) is 47.9 Å². The van der Waals surface area contributed by atoms with Crippen LogP contribution in [0.5, 0.6) is 0 Å². The fraction of sp³-hybridized carbons (Fsp3) is 0.455. The van der Waals surface area contributed by atoms with Crippen molar-refractivity contribution in [2.45, 2.75) is 52.6 Å². The Balaban J connectivity index is 1.84. The minimum Gasteiger partial charge on any atom is -0.313 e. The van der Waals surface area contributed by atoms with E-state index in [2.05, 4.69) is 73.0 Å². The second-order valence-corrected chi connectivity index (χ2v) is 6.45. The van der Waals surface area contributed by atoms with Crippen LogP contribution in [0, 0.1) is 0 Å². The van der Waals surface area contributed by atoms with Gasteiger partial charge in [0.2, 0.25) is 0 Å². The first kappa shape index (κ1) is 18.7. The molecule has 0 heterocycles. The van der Waals surface area contributed by atoms with E-state index in [1.54, 1.807) is 0 Å². The Hall–Kier alpha value is -1.64. The molecule has 0 unspecified atom stereocenters. The normalized spacial score (nSPS) is 10.9. The van der Waals surface area contributed by atoms with Gasteiger partial charge in [-0.05, 0) is 48.2 Å². The van der Waals surface area contributed by atoms with Gasteiger partial charge in [-0.15, -0.1) is 0 Å². The zero-order chi connectivity index (χ0) is 17.0. The van der Waals surface area contributed by atoms with E-state index in [0.717, 1.165) is 26.2 Å². The minimum atomic E-state index is 0.961. The van der Waals surface area contributed by atoms with Crippen LogP contribution >= 0.6 is 0 Å². The number of rotatable bonds is 11. The summed E-state index contributed by atoms with van der Waals surface area (Å²) in [5.74, 6) is 0. The molecule has 0 aliphatic rings. The van der Waals surface area contributed by atoms with Crippen LogP contribution in [0.4, 0.5) is 0 Å². The van der Waals surface area contributed by atoms with Crippen molar-refractivity contribution < 1.29 is 0 Å². The van der Waals surface area contributed by atoms with Crippen LogP contribution in [0.25, 0.3) is 11.1 Å². The highest BCUT2D eigenvalue weighted by molar-refractivity contribution is 5.63. The first-order valence-electron chi connectivity index (χ1n) is 9.43. The summed E-state index contributed by atoms with van der Waals surface area (Å²) in [7, 11) is 0. The Labute approximate surface area is 147 Å². The number of hydrogen-bond acceptors (Lipinski definition) is 2. The van der Waals surface area contributed by atoms with E-state index in [-0.39, 0.29) is 0 Å². The van der Waals surface area contributed by atoms with Crippen molar-refractivity contribution in [3.63, 3.8) is 0 Å². The third-order valence-electron chi connectivity index (χ3n) is 4.31. The molecule has 2 heteroatoms. The predicted octanol–water partition coefficient (Wildman–Crippen LogP) is 5.13. The molecule has 0 aliphatic carbocycles. The molecule has 0 bridgehead atoms. The largest absolute Gasteiger partial charge is 0.313 e. The average molecular weight is 325 g/mol. The van der Waals surface area contributed by atoms with Crippen molar-refractivity contribution in [1.82, 2.24) is 10.6 Å². The first-order valence-corrected chi connectivity index (χ1v) is 9.43. The summed E-state index contributed by atoms with van der Waals surface area (Å²) in [5.41, 5.74) is 5.29. The Morgan fingerprint density at radius 3 is 1.29 bits per heavy atom. The zero-order valence-electron chi connectivity index (χ0n) is 15.3. The summed E-state index contributed by atoms with van der Waals surface area (Å²) in [6.07, 6.45) is 4.99. The average Bonchev–Trinajstić information content (AvgIpc) is 2.64. The summed E-state index contributed by atoms with van der Waals surface area (Å²) in [4.78, 5) is 0. The topological polar surface area (TPSA) is 24.1 Å². The molecule has 2 aromatic rings. The molecule has 0 atom stereocenters. The maximum absolute atomic E-state index is 3.49. The lowest BCUT2D eigenvalue weighted by Crippen LogP contribution is -2.14. The molecule has 0 saturated carbocycles. The van der Waals surface area contributed by atoms with Gasteiger partial charge in [-0.2, -0.15) is 0 Å². The number of nitrogens with one attached hydrogen (secondary N) is 2. The van der Waals surface area contributed by atoms with Crippen LogP contribution < -0.4 is 10.6 Å². The maximum atomic E-state index is 3.49. The second-order valence-electron chi connectivity index (χ2n) is 6.45. The van der Waals surface area contributed by atoms with Crippen molar-refractivity contribution in [2.75, 3.05) is 13.1 Å². The summed E-state index contributed by atoms with van der Waals surface area (Å²) in [6, 6.07) is 17.8. The van der Waals surface area contributed by atoms with Gasteiger partial charge in [-0.1, -0.05) is 75.2 Å². The standard InChI is InChI=1S/C22H32N2/c1-3-5-15-23-17-19-7-11-21(12-8-19)22-13-9-20(10-14-22)18-24-16-6-4-2/h7-14,23-24H,3-6,15-18H2,1-2H3. The molecule has 0 spiro atoms. The van der Waals surface area contributed by atoms with Crippen LogP contribution in [0.3, 0.4) is 0 Å². The van der Waals surface area contributed by atoms with Gasteiger partial charge in [0.15, 0.2) is 0 Å². The molecular formula is C22H32N2. The monoisotopic (exact) mass is 324 g/mol. The van der Waals surface area contributed by atoms with Gasteiger partial charge in [-0.25, -0.2) is 0 Å². The Bertz CT molecular complexity index is 504. The molecule has 2 N–H and O–H groups in total. The van der Waals surface area contributed by atoms with Gasteiger partial charge in [0, 0.05) is 13.1 Å². The number of unbranched alkanes of at least 4 members (excludes halogenated alkanes) is 2. The SMILES string of the molecule is CCCCNCc1ccc(-c2ccc(CNCCCC)cc2)cc1. The Morgan fingerprint density at radius 1 is 0.583 bits per heavy atom. The van der Waals surface area contributed by atoms with Crippen molar-refractivity contribution >= 4 is 0 Å². The second kappa shape index (κ2) is 11.0. The quantitative estimate of drug-likeness (QED) is 0.560. The molecule has 24 heavy (non-hydrogen) atoms. The van der Waals surface area contributed by atoms with Crippen molar-refractivity contribution in [1.29, 1.82) is 0 Å². The molecule has 2 aromatic carbocycles. The van der Waals surface area contributed by atoms with Gasteiger partial charge in [0.1, 0.15) is 0 Å². The fourth-order valence-electron chi connectivity index (χ4n) is 2.70. The van der Waals surface area contributed by atoms with E-state index in [1.807, 2.05) is 0 Å². The smallest absolute Gasteiger partial charge is 0.0205 e. The van der Waals surface area contributed by atoms with E-state index >= 15 is 0 Å². The lowest BCUT2D eigenvalue weighted by atomic mass is 10.0. The van der Waals surface area contributed by atoms with Crippen molar-refractivity contribution in [3.8, 4) is 11.1 Å². The molecule has 0 aliphatic heterocycles. The summed E-state index contributed by atoms with van der Waals surface area (Å²) >= 11 is 0. The molecule has 0 saturated heterocycles. The third kappa shape index (κ3) is 6.46. The molecule has 0 fully saturated rings. The Kier molecular flexibility index (Phi) is 8.58. The maximum Gasteiger partial charge on any atom is 0.0205 e. The van der Waals surface area contributed by atoms with E-state index in [4.69, 9.17) is 0 Å². The summed E-state index contributed by atoms with van der Waals surface area (Å²) in [6.45, 7) is 8.58. The molecule has 0 radical (unpaired) electrons. The van der Waals surface area contributed by atoms with Gasteiger partial charge >= 0.3 is 0 Å². The fourth-order valence-corrected chi connectivity index (χ4v) is 2.70. The third-order valence-corrected chi connectivity index (χ3v) is 4.31. The molecule has 0 amide bonds. The van der Waals surface area contributed by atoms with Crippen LogP contribution in [0.2, 0.25) is 0 Å². The van der Waals surface area contributed by atoms with E-state index in [9.17, 15) is 0 Å².